The van der Waals surface area contributed by atoms with E-state index in [9.17, 15) is 9.59 Å². The molecule has 1 unspecified atom stereocenters. The van der Waals surface area contributed by atoms with Crippen LogP contribution in [0.15, 0.2) is 41.8 Å². The molecule has 2 amide bonds. The standard InChI is InChI=1S/C27H31N5O4S/c1-16-13-32(14-17(2)36-16)24-6-4-5-22(29-24)23-15-37-27(30-23)31-25(33)12-28-26(34)20-7-8-21-18(3)35-10-9-19(21)11-20/h4-8,11,15-18H,9-10,12-14H2,1-3H3,(H,28,34)(H,30,31,33)/t16-,17+,18?. The van der Waals surface area contributed by atoms with Gasteiger partial charge in [-0.25, -0.2) is 9.97 Å². The lowest BCUT2D eigenvalue weighted by Crippen LogP contribution is -2.45. The maximum atomic E-state index is 12.6. The lowest BCUT2D eigenvalue weighted by molar-refractivity contribution is -0.115. The Balaban J connectivity index is 1.17. The number of pyridine rings is 1. The van der Waals surface area contributed by atoms with Crippen LogP contribution in [-0.2, 0) is 20.7 Å². The summed E-state index contributed by atoms with van der Waals surface area (Å²) < 4.78 is 11.5. The van der Waals surface area contributed by atoms with E-state index in [1.165, 1.54) is 11.3 Å². The molecular formula is C27H31N5O4S. The molecule has 3 atom stereocenters. The first kappa shape index (κ1) is 25.3. The van der Waals surface area contributed by atoms with E-state index in [0.717, 1.165) is 42.1 Å². The SMILES string of the molecule is CC1OCCc2cc(C(=O)NCC(=O)Nc3nc(-c4cccc(N5C[C@@H](C)O[C@@H](C)C5)n4)cs3)ccc21. The second-order valence-corrected chi connectivity index (χ2v) is 10.3. The topological polar surface area (TPSA) is 106 Å². The first-order chi connectivity index (χ1) is 17.9. The van der Waals surface area contributed by atoms with E-state index >= 15 is 0 Å². The number of benzene rings is 1. The molecule has 0 radical (unpaired) electrons. The van der Waals surface area contributed by atoms with E-state index in [4.69, 9.17) is 14.5 Å². The molecule has 1 fully saturated rings. The molecule has 0 bridgehead atoms. The molecule has 0 saturated carbocycles. The Bertz CT molecular complexity index is 1290. The number of rotatable bonds is 6. The lowest BCUT2D eigenvalue weighted by Gasteiger charge is -2.36. The van der Waals surface area contributed by atoms with Gasteiger partial charge in [-0.2, -0.15) is 0 Å². The molecule has 5 rings (SSSR count). The summed E-state index contributed by atoms with van der Waals surface area (Å²) in [6.45, 7) is 8.19. The number of nitrogens with one attached hydrogen (secondary N) is 2. The fourth-order valence-electron chi connectivity index (χ4n) is 4.78. The van der Waals surface area contributed by atoms with Gasteiger partial charge >= 0.3 is 0 Å². The minimum Gasteiger partial charge on any atom is -0.373 e. The van der Waals surface area contributed by atoms with Crippen LogP contribution in [0.3, 0.4) is 0 Å². The van der Waals surface area contributed by atoms with E-state index < -0.39 is 0 Å². The zero-order valence-electron chi connectivity index (χ0n) is 21.2. The van der Waals surface area contributed by atoms with Gasteiger partial charge in [0.2, 0.25) is 5.91 Å². The Kier molecular flexibility index (Phi) is 7.50. The third-order valence-corrected chi connectivity index (χ3v) is 7.24. The van der Waals surface area contributed by atoms with Crippen LogP contribution in [0.2, 0.25) is 0 Å². The number of anilines is 2. The summed E-state index contributed by atoms with van der Waals surface area (Å²) in [5, 5.41) is 7.78. The van der Waals surface area contributed by atoms with Crippen LogP contribution in [-0.4, -0.2) is 60.2 Å². The Morgan fingerprint density at radius 1 is 1.08 bits per heavy atom. The number of carbonyl (C=O) groups is 2. The number of thiazole rings is 1. The lowest BCUT2D eigenvalue weighted by atomic mass is 9.96. The van der Waals surface area contributed by atoms with Crippen molar-refractivity contribution >= 4 is 34.1 Å². The van der Waals surface area contributed by atoms with Crippen LogP contribution < -0.4 is 15.5 Å². The number of fused-ring (bicyclic) bond motifs is 1. The van der Waals surface area contributed by atoms with Gasteiger partial charge in [0, 0.05) is 24.0 Å². The molecule has 37 heavy (non-hydrogen) atoms. The number of nitrogens with zero attached hydrogens (tertiary/aromatic N) is 3. The summed E-state index contributed by atoms with van der Waals surface area (Å²) in [5.74, 6) is 0.252. The first-order valence-electron chi connectivity index (χ1n) is 12.5. The van der Waals surface area contributed by atoms with Crippen molar-refractivity contribution in [2.45, 2.75) is 45.5 Å². The van der Waals surface area contributed by atoms with E-state index in [1.807, 2.05) is 42.6 Å². The van der Waals surface area contributed by atoms with Crippen molar-refractivity contribution in [3.05, 3.63) is 58.5 Å². The van der Waals surface area contributed by atoms with E-state index in [-0.39, 0.29) is 36.7 Å². The molecule has 0 spiro atoms. The Morgan fingerprint density at radius 2 is 1.89 bits per heavy atom. The number of hydrogen-bond donors (Lipinski definition) is 2. The minimum atomic E-state index is -0.341. The second-order valence-electron chi connectivity index (χ2n) is 9.49. The normalized spacial score (nSPS) is 21.3. The highest BCUT2D eigenvalue weighted by molar-refractivity contribution is 7.14. The van der Waals surface area contributed by atoms with Crippen LogP contribution in [0.4, 0.5) is 10.9 Å². The van der Waals surface area contributed by atoms with E-state index in [2.05, 4.69) is 34.4 Å². The number of carbonyl (C=O) groups excluding carboxylic acids is 2. The Labute approximate surface area is 220 Å². The van der Waals surface area contributed by atoms with Gasteiger partial charge in [0.15, 0.2) is 5.13 Å². The molecule has 10 heteroatoms. The van der Waals surface area contributed by atoms with Gasteiger partial charge in [0.25, 0.3) is 5.91 Å². The summed E-state index contributed by atoms with van der Waals surface area (Å²) in [6.07, 6.45) is 1.08. The number of ether oxygens (including phenoxy) is 2. The first-order valence-corrected chi connectivity index (χ1v) is 13.4. The zero-order chi connectivity index (χ0) is 25.9. The maximum absolute atomic E-state index is 12.6. The summed E-state index contributed by atoms with van der Waals surface area (Å²) in [5.41, 5.74) is 4.18. The summed E-state index contributed by atoms with van der Waals surface area (Å²) >= 11 is 1.32. The number of amides is 2. The zero-order valence-corrected chi connectivity index (χ0v) is 22.0. The second kappa shape index (κ2) is 11.0. The highest BCUT2D eigenvalue weighted by Gasteiger charge is 2.24. The molecule has 1 saturated heterocycles. The van der Waals surface area contributed by atoms with Gasteiger partial charge in [0.05, 0.1) is 37.2 Å². The summed E-state index contributed by atoms with van der Waals surface area (Å²) in [4.78, 5) is 36.6. The van der Waals surface area contributed by atoms with Gasteiger partial charge in [0.1, 0.15) is 11.5 Å². The molecule has 2 aliphatic heterocycles. The monoisotopic (exact) mass is 521 g/mol. The highest BCUT2D eigenvalue weighted by Crippen LogP contribution is 2.28. The highest BCUT2D eigenvalue weighted by atomic mass is 32.1. The van der Waals surface area contributed by atoms with Crippen LogP contribution in [0, 0.1) is 0 Å². The fourth-order valence-corrected chi connectivity index (χ4v) is 5.50. The molecule has 2 N–H and O–H groups in total. The molecule has 4 heterocycles. The predicted molar refractivity (Wildman–Crippen MR) is 143 cm³/mol. The van der Waals surface area contributed by atoms with Crippen LogP contribution >= 0.6 is 11.3 Å². The van der Waals surface area contributed by atoms with Crippen molar-refractivity contribution in [3.8, 4) is 11.4 Å². The van der Waals surface area contributed by atoms with Crippen molar-refractivity contribution in [3.63, 3.8) is 0 Å². The largest absolute Gasteiger partial charge is 0.373 e. The third kappa shape index (κ3) is 5.98. The average molecular weight is 522 g/mol. The van der Waals surface area contributed by atoms with Crippen molar-refractivity contribution < 1.29 is 19.1 Å². The Hall–Kier alpha value is -3.34. The number of morpholine rings is 1. The van der Waals surface area contributed by atoms with Gasteiger partial charge in [-0.1, -0.05) is 12.1 Å². The third-order valence-electron chi connectivity index (χ3n) is 6.48. The minimum absolute atomic E-state index is 0.0271. The Morgan fingerprint density at radius 3 is 2.70 bits per heavy atom. The summed E-state index contributed by atoms with van der Waals surface area (Å²) in [7, 11) is 0. The average Bonchev–Trinajstić information content (AvgIpc) is 3.35. The van der Waals surface area contributed by atoms with Gasteiger partial charge in [-0.15, -0.1) is 11.3 Å². The van der Waals surface area contributed by atoms with Crippen LogP contribution in [0.5, 0.6) is 0 Å². The smallest absolute Gasteiger partial charge is 0.251 e. The fraction of sp³-hybridized carbons (Fsp3) is 0.407. The molecule has 9 nitrogen and oxygen atoms in total. The van der Waals surface area contributed by atoms with Crippen molar-refractivity contribution in [2.75, 3.05) is 36.5 Å². The molecule has 0 aliphatic carbocycles. The summed E-state index contributed by atoms with van der Waals surface area (Å²) in [6, 6.07) is 11.4. The quantitative estimate of drug-likeness (QED) is 0.508. The van der Waals surface area contributed by atoms with Crippen LogP contribution in [0.1, 0.15) is 48.4 Å². The van der Waals surface area contributed by atoms with Crippen molar-refractivity contribution in [1.29, 1.82) is 0 Å². The molecular weight excluding hydrogens is 490 g/mol. The van der Waals surface area contributed by atoms with Crippen LogP contribution in [0.25, 0.3) is 11.4 Å². The maximum Gasteiger partial charge on any atom is 0.251 e. The van der Waals surface area contributed by atoms with Gasteiger partial charge in [-0.05, 0) is 62.6 Å². The number of aromatic nitrogens is 2. The molecule has 2 aromatic heterocycles. The molecule has 2 aliphatic rings. The molecule has 1 aromatic carbocycles. The van der Waals surface area contributed by atoms with Crippen molar-refractivity contribution in [1.82, 2.24) is 15.3 Å². The molecule has 3 aromatic rings. The van der Waals surface area contributed by atoms with Gasteiger partial charge < -0.3 is 25.0 Å². The van der Waals surface area contributed by atoms with E-state index in [1.54, 1.807) is 6.07 Å². The van der Waals surface area contributed by atoms with Crippen molar-refractivity contribution in [2.24, 2.45) is 0 Å². The molecule has 194 valence electrons. The predicted octanol–water partition coefficient (Wildman–Crippen LogP) is 3.82. The van der Waals surface area contributed by atoms with Gasteiger partial charge in [-0.3, -0.25) is 9.59 Å². The van der Waals surface area contributed by atoms with E-state index in [0.29, 0.717) is 23.0 Å². The number of hydrogen-bond acceptors (Lipinski definition) is 8.